The van der Waals surface area contributed by atoms with E-state index in [9.17, 15) is 0 Å². The van der Waals surface area contributed by atoms with Crippen LogP contribution in [-0.4, -0.2) is 39.3 Å². The van der Waals surface area contributed by atoms with E-state index in [1.807, 2.05) is 41.7 Å². The third kappa shape index (κ3) is 62.4. The Kier molecular flexibility index (Phi) is 45.7. The van der Waals surface area contributed by atoms with Gasteiger partial charge in [0.15, 0.2) is 0 Å². The van der Waals surface area contributed by atoms with Crippen molar-refractivity contribution in [3.05, 3.63) is 0 Å². The lowest BCUT2D eigenvalue weighted by Crippen LogP contribution is -2.29. The summed E-state index contributed by atoms with van der Waals surface area (Å²) in [5, 5.41) is 2.92. The molecule has 0 rings (SSSR count). The number of likely N-dealkylation sites (N-methyl/N-ethyl adjacent to an activating group) is 1. The van der Waals surface area contributed by atoms with Crippen LogP contribution in [0.15, 0.2) is 0 Å². The van der Waals surface area contributed by atoms with Gasteiger partial charge in [0.1, 0.15) is 7.85 Å². The first-order chi connectivity index (χ1) is 7.99. The van der Waals surface area contributed by atoms with E-state index in [1.165, 1.54) is 6.42 Å². The van der Waals surface area contributed by atoms with Crippen molar-refractivity contribution in [1.29, 1.82) is 0 Å². The van der Waals surface area contributed by atoms with Gasteiger partial charge in [-0.3, -0.25) is 0 Å². The van der Waals surface area contributed by atoms with E-state index in [1.54, 1.807) is 0 Å². The molecule has 0 bridgehead atoms. The van der Waals surface area contributed by atoms with Gasteiger partial charge in [-0.05, 0) is 26.6 Å². The molecule has 0 fully saturated rings. The van der Waals surface area contributed by atoms with Crippen LogP contribution in [-0.2, 0) is 4.74 Å². The van der Waals surface area contributed by atoms with Crippen LogP contribution in [0.2, 0.25) is 0 Å². The summed E-state index contributed by atoms with van der Waals surface area (Å²) in [6.45, 7) is 14.9. The summed E-state index contributed by atoms with van der Waals surface area (Å²) in [5.41, 5.74) is 0. The summed E-state index contributed by atoms with van der Waals surface area (Å²) in [4.78, 5) is 0. The molecule has 0 saturated carbocycles. The Morgan fingerprint density at radius 2 is 1.47 bits per heavy atom. The quantitative estimate of drug-likeness (QED) is 0.598. The average Bonchev–Trinajstić information content (AvgIpc) is 2.22. The number of nitrogens with one attached hydrogen (secondary N) is 1. The first-order valence-corrected chi connectivity index (χ1v) is 7.29. The zero-order chi connectivity index (χ0) is 14.7. The van der Waals surface area contributed by atoms with E-state index in [2.05, 4.69) is 31.8 Å². The smallest absolute Gasteiger partial charge is 0.110 e. The third-order valence-corrected chi connectivity index (χ3v) is 0.852. The minimum absolute atomic E-state index is 0.171. The fourth-order valence-corrected chi connectivity index (χ4v) is 0.599. The van der Waals surface area contributed by atoms with Crippen molar-refractivity contribution in [3.8, 4) is 0 Å². The number of thiol groups is 1. The second-order valence-corrected chi connectivity index (χ2v) is 3.94. The fourth-order valence-electron chi connectivity index (χ4n) is 0.599. The lowest BCUT2D eigenvalue weighted by molar-refractivity contribution is 0.0557. The van der Waals surface area contributed by atoms with Gasteiger partial charge in [-0.1, -0.05) is 41.0 Å². The molecule has 2 nitrogen and oxygen atoms in total. The topological polar surface area (TPSA) is 21.3 Å². The monoisotopic (exact) mass is 263 g/mol. The SMILES string of the molecule is CC.CCC.CCS.[B][C@H](CNC)OC(C)C. The fraction of sp³-hybridized carbons (Fsp3) is 1.00. The molecule has 0 aliphatic carbocycles. The Bertz CT molecular complexity index is 93.5. The molecule has 0 amide bonds. The molecule has 106 valence electrons. The van der Waals surface area contributed by atoms with Crippen molar-refractivity contribution < 1.29 is 4.74 Å². The predicted octanol–water partition coefficient (Wildman–Crippen LogP) is 3.50. The van der Waals surface area contributed by atoms with Crippen molar-refractivity contribution in [1.82, 2.24) is 5.32 Å². The van der Waals surface area contributed by atoms with Crippen LogP contribution >= 0.6 is 12.6 Å². The van der Waals surface area contributed by atoms with Gasteiger partial charge in [0.25, 0.3) is 0 Å². The molecular weight excluding hydrogens is 229 g/mol. The Hall–Kier alpha value is 0.335. The average molecular weight is 263 g/mol. The molecule has 0 saturated heterocycles. The van der Waals surface area contributed by atoms with Crippen molar-refractivity contribution >= 4 is 20.5 Å². The highest BCUT2D eigenvalue weighted by molar-refractivity contribution is 7.80. The van der Waals surface area contributed by atoms with E-state index in [0.717, 1.165) is 5.75 Å². The van der Waals surface area contributed by atoms with Crippen LogP contribution in [0.3, 0.4) is 0 Å². The van der Waals surface area contributed by atoms with Gasteiger partial charge >= 0.3 is 0 Å². The minimum atomic E-state index is -0.171. The highest BCUT2D eigenvalue weighted by atomic mass is 32.1. The minimum Gasteiger partial charge on any atom is -0.384 e. The van der Waals surface area contributed by atoms with Crippen LogP contribution in [0.5, 0.6) is 0 Å². The summed E-state index contributed by atoms with van der Waals surface area (Å²) in [6, 6.07) is -0.171. The number of hydrogen-bond donors (Lipinski definition) is 2. The molecule has 0 aliphatic rings. The highest BCUT2D eigenvalue weighted by Gasteiger charge is 2.00. The summed E-state index contributed by atoms with van der Waals surface area (Å²) in [6.07, 6.45) is 1.47. The second-order valence-electron chi connectivity index (χ2n) is 3.30. The largest absolute Gasteiger partial charge is 0.384 e. The third-order valence-electron chi connectivity index (χ3n) is 0.852. The van der Waals surface area contributed by atoms with Gasteiger partial charge in [-0.2, -0.15) is 12.6 Å². The maximum absolute atomic E-state index is 5.50. The molecule has 0 heterocycles. The van der Waals surface area contributed by atoms with E-state index in [-0.39, 0.29) is 12.1 Å². The maximum Gasteiger partial charge on any atom is 0.110 e. The highest BCUT2D eigenvalue weighted by Crippen LogP contribution is 1.91. The number of ether oxygens (including phenoxy) is 1. The molecule has 2 radical (unpaired) electrons. The van der Waals surface area contributed by atoms with E-state index in [4.69, 9.17) is 12.6 Å². The van der Waals surface area contributed by atoms with Gasteiger partial charge in [0, 0.05) is 12.5 Å². The molecular formula is C13H34BNOS. The van der Waals surface area contributed by atoms with Crippen molar-refractivity contribution in [3.63, 3.8) is 0 Å². The van der Waals surface area contributed by atoms with Crippen LogP contribution in [0.1, 0.15) is 54.9 Å². The molecule has 1 atom stereocenters. The molecule has 0 unspecified atom stereocenters. The van der Waals surface area contributed by atoms with E-state index >= 15 is 0 Å². The van der Waals surface area contributed by atoms with Crippen molar-refractivity contribution in [2.24, 2.45) is 0 Å². The Balaban J connectivity index is -0.0000000879. The first-order valence-electron chi connectivity index (χ1n) is 6.66. The first kappa shape index (κ1) is 26.0. The summed E-state index contributed by atoms with van der Waals surface area (Å²) in [5.74, 6) is 0.944. The zero-order valence-electron chi connectivity index (χ0n) is 13.2. The van der Waals surface area contributed by atoms with Crippen LogP contribution in [0.25, 0.3) is 0 Å². The molecule has 0 aliphatic heterocycles. The maximum atomic E-state index is 5.50. The molecule has 0 aromatic rings. The Morgan fingerprint density at radius 3 is 1.65 bits per heavy atom. The number of hydrogen-bond acceptors (Lipinski definition) is 3. The molecule has 0 aromatic heterocycles. The normalized spacial score (nSPS) is 10.0. The van der Waals surface area contributed by atoms with Gasteiger partial charge in [0.2, 0.25) is 0 Å². The molecule has 0 spiro atoms. The van der Waals surface area contributed by atoms with Crippen LogP contribution < -0.4 is 5.32 Å². The van der Waals surface area contributed by atoms with Crippen LogP contribution in [0.4, 0.5) is 0 Å². The molecule has 17 heavy (non-hydrogen) atoms. The Labute approximate surface area is 117 Å². The molecule has 1 N–H and O–H groups in total. The second kappa shape index (κ2) is 29.9. The van der Waals surface area contributed by atoms with E-state index in [0.29, 0.717) is 6.54 Å². The Morgan fingerprint density at radius 1 is 1.18 bits per heavy atom. The summed E-state index contributed by atoms with van der Waals surface area (Å²) < 4.78 is 5.21. The van der Waals surface area contributed by atoms with Gasteiger partial charge in [0.05, 0.1) is 6.10 Å². The lowest BCUT2D eigenvalue weighted by atomic mass is 10.0. The standard InChI is InChI=1S/C6H14BNO.C3H8.C2H6S.C2H6/c1-5(2)9-6(7)4-8-3;1-3-2;1-2-3;1-2/h5-6,8H,4H2,1-3H3;3H2,1-2H3;3H,2H2,1H3;1-2H3/t6-;;;/m0.../s1. The predicted molar refractivity (Wildman–Crippen MR) is 86.5 cm³/mol. The van der Waals surface area contributed by atoms with Crippen molar-refractivity contribution in [2.75, 3.05) is 19.3 Å². The van der Waals surface area contributed by atoms with Gasteiger partial charge in [-0.15, -0.1) is 0 Å². The number of rotatable bonds is 4. The van der Waals surface area contributed by atoms with E-state index < -0.39 is 0 Å². The molecule has 0 aromatic carbocycles. The van der Waals surface area contributed by atoms with Crippen molar-refractivity contribution in [2.45, 2.75) is 67.0 Å². The van der Waals surface area contributed by atoms with Gasteiger partial charge in [-0.25, -0.2) is 0 Å². The lowest BCUT2D eigenvalue weighted by Gasteiger charge is -2.15. The zero-order valence-corrected chi connectivity index (χ0v) is 14.1. The van der Waals surface area contributed by atoms with Crippen LogP contribution in [0, 0.1) is 0 Å². The summed E-state index contributed by atoms with van der Waals surface area (Å²) >= 11 is 3.79. The van der Waals surface area contributed by atoms with Gasteiger partial charge < -0.3 is 10.1 Å². The molecule has 4 heteroatoms. The summed E-state index contributed by atoms with van der Waals surface area (Å²) in [7, 11) is 7.35.